The molecule has 78 valence electrons. The number of anilines is 1. The Balaban J connectivity index is 2.05. The normalized spacial score (nSPS) is 10.2. The number of nitrogens with one attached hydrogen (secondary N) is 2. The molecule has 7 nitrogen and oxygen atoms in total. The molecule has 0 aliphatic carbocycles. The van der Waals surface area contributed by atoms with E-state index in [9.17, 15) is 4.79 Å². The maximum Gasteiger partial charge on any atom is 0.290 e. The van der Waals surface area contributed by atoms with Crippen LogP contribution in [0.2, 0.25) is 0 Å². The Hall–Kier alpha value is -2.18. The van der Waals surface area contributed by atoms with Crippen LogP contribution in [0.25, 0.3) is 0 Å². The minimum Gasteiger partial charge on any atom is -0.358 e. The Bertz CT molecular complexity index is 502. The summed E-state index contributed by atoms with van der Waals surface area (Å²) >= 11 is 0. The zero-order valence-corrected chi connectivity index (χ0v) is 8.14. The predicted molar refractivity (Wildman–Crippen MR) is 53.2 cm³/mol. The van der Waals surface area contributed by atoms with Crippen molar-refractivity contribution in [3.05, 3.63) is 34.9 Å². The van der Waals surface area contributed by atoms with E-state index in [2.05, 4.69) is 25.4 Å². The van der Waals surface area contributed by atoms with Gasteiger partial charge in [-0.2, -0.15) is 5.10 Å². The van der Waals surface area contributed by atoms with Gasteiger partial charge in [0.25, 0.3) is 5.56 Å². The highest BCUT2D eigenvalue weighted by Crippen LogP contribution is 1.94. The molecule has 0 radical (unpaired) electrons. The van der Waals surface area contributed by atoms with Crippen molar-refractivity contribution in [1.29, 1.82) is 0 Å². The number of H-pyrrole nitrogens is 1. The van der Waals surface area contributed by atoms with Crippen LogP contribution in [-0.2, 0) is 13.6 Å². The molecule has 0 unspecified atom stereocenters. The molecular formula is C8H10N6O. The van der Waals surface area contributed by atoms with Crippen molar-refractivity contribution < 1.29 is 0 Å². The molecule has 2 N–H and O–H groups in total. The molecule has 2 heterocycles. The number of hydrogen-bond donors (Lipinski definition) is 2. The highest BCUT2D eigenvalue weighted by atomic mass is 16.1. The van der Waals surface area contributed by atoms with Crippen molar-refractivity contribution in [2.24, 2.45) is 7.05 Å². The average Bonchev–Trinajstić information content (AvgIpc) is 2.63. The van der Waals surface area contributed by atoms with E-state index in [1.807, 2.05) is 0 Å². The van der Waals surface area contributed by atoms with E-state index in [0.717, 1.165) is 0 Å². The molecule has 0 atom stereocenters. The SMILES string of the molecule is Cn1cnc(CNc2ncc[nH]c2=O)n1. The van der Waals surface area contributed by atoms with E-state index >= 15 is 0 Å². The van der Waals surface area contributed by atoms with E-state index in [-0.39, 0.29) is 11.4 Å². The van der Waals surface area contributed by atoms with Crippen LogP contribution in [0.4, 0.5) is 5.82 Å². The summed E-state index contributed by atoms with van der Waals surface area (Å²) in [5.41, 5.74) is -0.256. The van der Waals surface area contributed by atoms with Crippen LogP contribution in [0.15, 0.2) is 23.5 Å². The fourth-order valence-corrected chi connectivity index (χ4v) is 1.11. The number of aromatic nitrogens is 5. The molecule has 0 aromatic carbocycles. The fourth-order valence-electron chi connectivity index (χ4n) is 1.11. The van der Waals surface area contributed by atoms with E-state index in [0.29, 0.717) is 12.4 Å². The number of nitrogens with zero attached hydrogens (tertiary/aromatic N) is 4. The smallest absolute Gasteiger partial charge is 0.290 e. The van der Waals surface area contributed by atoms with Gasteiger partial charge in [-0.1, -0.05) is 0 Å². The molecule has 2 aromatic rings. The monoisotopic (exact) mass is 206 g/mol. The topological polar surface area (TPSA) is 88.5 Å². The Morgan fingerprint density at radius 2 is 2.40 bits per heavy atom. The van der Waals surface area contributed by atoms with Crippen molar-refractivity contribution in [3.8, 4) is 0 Å². The summed E-state index contributed by atoms with van der Waals surface area (Å²) in [5.74, 6) is 0.882. The molecule has 0 amide bonds. The first-order valence-electron chi connectivity index (χ1n) is 4.38. The standard InChI is InChI=1S/C8H10N6O/c1-14-5-12-6(13-14)4-11-7-8(15)10-3-2-9-7/h2-3,5H,4H2,1H3,(H,9,11)(H,10,15). The second-order valence-corrected chi connectivity index (χ2v) is 2.95. The summed E-state index contributed by atoms with van der Waals surface area (Å²) in [5, 5.41) is 6.91. The lowest BCUT2D eigenvalue weighted by Gasteiger charge is -1.99. The highest BCUT2D eigenvalue weighted by molar-refractivity contribution is 5.29. The Labute approximate surface area is 85.2 Å². The summed E-state index contributed by atoms with van der Waals surface area (Å²) in [7, 11) is 1.78. The molecule has 0 aliphatic heterocycles. The third-order valence-corrected chi connectivity index (χ3v) is 1.77. The van der Waals surface area contributed by atoms with Crippen molar-refractivity contribution in [1.82, 2.24) is 24.7 Å². The Morgan fingerprint density at radius 1 is 1.53 bits per heavy atom. The molecule has 0 spiro atoms. The maximum absolute atomic E-state index is 11.2. The van der Waals surface area contributed by atoms with Crippen LogP contribution in [0.5, 0.6) is 0 Å². The lowest BCUT2D eigenvalue weighted by atomic mass is 10.5. The van der Waals surface area contributed by atoms with Gasteiger partial charge in [0.05, 0.1) is 6.54 Å². The number of rotatable bonds is 3. The summed E-state index contributed by atoms with van der Waals surface area (Å²) in [6.07, 6.45) is 4.59. The largest absolute Gasteiger partial charge is 0.358 e. The van der Waals surface area contributed by atoms with Gasteiger partial charge in [-0.05, 0) is 0 Å². The first kappa shape index (κ1) is 9.38. The van der Waals surface area contributed by atoms with Crippen molar-refractivity contribution >= 4 is 5.82 Å². The van der Waals surface area contributed by atoms with Crippen LogP contribution in [-0.4, -0.2) is 24.7 Å². The maximum atomic E-state index is 11.2. The van der Waals surface area contributed by atoms with Crippen molar-refractivity contribution in [2.45, 2.75) is 6.54 Å². The molecule has 0 bridgehead atoms. The van der Waals surface area contributed by atoms with Gasteiger partial charge >= 0.3 is 0 Å². The molecule has 0 saturated heterocycles. The third-order valence-electron chi connectivity index (χ3n) is 1.77. The minimum atomic E-state index is -0.256. The number of aromatic amines is 1. The minimum absolute atomic E-state index is 0.256. The molecule has 0 saturated carbocycles. The molecule has 7 heteroatoms. The van der Waals surface area contributed by atoms with Crippen LogP contribution >= 0.6 is 0 Å². The van der Waals surface area contributed by atoms with E-state index < -0.39 is 0 Å². The van der Waals surface area contributed by atoms with Crippen molar-refractivity contribution in [2.75, 3.05) is 5.32 Å². The zero-order valence-electron chi connectivity index (χ0n) is 8.14. The zero-order chi connectivity index (χ0) is 10.7. The van der Waals surface area contributed by atoms with E-state index in [4.69, 9.17) is 0 Å². The molecular weight excluding hydrogens is 196 g/mol. The highest BCUT2D eigenvalue weighted by Gasteiger charge is 2.01. The first-order valence-corrected chi connectivity index (χ1v) is 4.38. The van der Waals surface area contributed by atoms with Gasteiger partial charge in [0.15, 0.2) is 11.6 Å². The summed E-state index contributed by atoms with van der Waals surface area (Å²) < 4.78 is 1.60. The third kappa shape index (κ3) is 2.19. The average molecular weight is 206 g/mol. The van der Waals surface area contributed by atoms with Gasteiger partial charge in [0.1, 0.15) is 6.33 Å². The molecule has 15 heavy (non-hydrogen) atoms. The second kappa shape index (κ2) is 3.91. The van der Waals surface area contributed by atoms with Crippen LogP contribution < -0.4 is 10.9 Å². The predicted octanol–water partition coefficient (Wildman–Crippen LogP) is -0.490. The van der Waals surface area contributed by atoms with Gasteiger partial charge in [0, 0.05) is 19.4 Å². The Morgan fingerprint density at radius 3 is 3.07 bits per heavy atom. The number of aryl methyl sites for hydroxylation is 1. The van der Waals surface area contributed by atoms with Gasteiger partial charge in [0.2, 0.25) is 0 Å². The first-order chi connectivity index (χ1) is 7.25. The summed E-state index contributed by atoms with van der Waals surface area (Å²) in [6.45, 7) is 0.376. The molecule has 0 aliphatic rings. The number of hydrogen-bond acceptors (Lipinski definition) is 5. The Kier molecular flexibility index (Phi) is 2.44. The summed E-state index contributed by atoms with van der Waals surface area (Å²) in [6, 6.07) is 0. The van der Waals surface area contributed by atoms with Gasteiger partial charge in [-0.15, -0.1) is 0 Å². The summed E-state index contributed by atoms with van der Waals surface area (Å²) in [4.78, 5) is 21.6. The van der Waals surface area contributed by atoms with Crippen LogP contribution in [0.3, 0.4) is 0 Å². The second-order valence-electron chi connectivity index (χ2n) is 2.95. The van der Waals surface area contributed by atoms with Gasteiger partial charge in [-0.25, -0.2) is 9.97 Å². The van der Waals surface area contributed by atoms with Crippen LogP contribution in [0, 0.1) is 0 Å². The van der Waals surface area contributed by atoms with Crippen molar-refractivity contribution in [3.63, 3.8) is 0 Å². The molecule has 2 aromatic heterocycles. The lowest BCUT2D eigenvalue weighted by molar-refractivity contribution is 0.746. The van der Waals surface area contributed by atoms with Gasteiger partial charge in [-0.3, -0.25) is 9.48 Å². The lowest BCUT2D eigenvalue weighted by Crippen LogP contribution is -2.15. The quantitative estimate of drug-likeness (QED) is 0.707. The molecule has 0 fully saturated rings. The molecule has 2 rings (SSSR count). The van der Waals surface area contributed by atoms with Gasteiger partial charge < -0.3 is 10.3 Å². The van der Waals surface area contributed by atoms with Crippen LogP contribution in [0.1, 0.15) is 5.82 Å². The fraction of sp³-hybridized carbons (Fsp3) is 0.250. The van der Waals surface area contributed by atoms with E-state index in [1.165, 1.54) is 12.4 Å². The van der Waals surface area contributed by atoms with E-state index in [1.54, 1.807) is 18.1 Å².